The Balaban J connectivity index is 2.55. The van der Waals surface area contributed by atoms with Crippen LogP contribution in [-0.4, -0.2) is 40.8 Å². The van der Waals surface area contributed by atoms with Crippen molar-refractivity contribution in [1.29, 1.82) is 0 Å². The summed E-state index contributed by atoms with van der Waals surface area (Å²) < 4.78 is 5.35. The topological polar surface area (TPSA) is 41.6 Å². The van der Waals surface area contributed by atoms with Crippen molar-refractivity contribution in [2.45, 2.75) is 84.5 Å². The molecule has 1 amide bonds. The lowest BCUT2D eigenvalue weighted by Gasteiger charge is -2.34. The van der Waals surface area contributed by atoms with Crippen molar-refractivity contribution in [2.75, 3.05) is 6.54 Å². The molecule has 4 heteroatoms. The van der Waals surface area contributed by atoms with Gasteiger partial charge >= 0.3 is 6.09 Å². The number of nitrogens with one attached hydrogen (secondary N) is 1. The molecule has 0 unspecified atom stereocenters. The number of hydrogen-bond donors (Lipinski definition) is 1. The van der Waals surface area contributed by atoms with E-state index in [-0.39, 0.29) is 11.6 Å². The Morgan fingerprint density at radius 3 is 2.00 bits per heavy atom. The second-order valence-electron chi connectivity index (χ2n) is 7.27. The van der Waals surface area contributed by atoms with E-state index in [0.717, 1.165) is 19.4 Å². The summed E-state index contributed by atoms with van der Waals surface area (Å²) in [4.78, 5) is 14.3. The zero-order valence-corrected chi connectivity index (χ0v) is 13.5. The normalized spacial score (nSPS) is 18.0. The van der Waals surface area contributed by atoms with E-state index < -0.39 is 5.60 Å². The first-order valence-corrected chi connectivity index (χ1v) is 7.32. The maximum atomic E-state index is 11.9. The van der Waals surface area contributed by atoms with E-state index in [9.17, 15) is 4.79 Å². The highest BCUT2D eigenvalue weighted by atomic mass is 16.6. The number of carbonyl (C=O) groups excluding carboxylic acids is 1. The minimum atomic E-state index is -0.435. The minimum absolute atomic E-state index is 0.0725. The van der Waals surface area contributed by atoms with Crippen LogP contribution in [0, 0.1) is 0 Å². The fourth-order valence-corrected chi connectivity index (χ4v) is 2.30. The molecule has 4 nitrogen and oxygen atoms in total. The molecule has 0 aromatic carbocycles. The lowest BCUT2D eigenvalue weighted by atomic mass is 10.1. The van der Waals surface area contributed by atoms with Gasteiger partial charge in [0.05, 0.1) is 5.54 Å². The molecule has 0 aliphatic heterocycles. The molecule has 0 radical (unpaired) electrons. The van der Waals surface area contributed by atoms with E-state index in [2.05, 4.69) is 37.9 Å². The van der Waals surface area contributed by atoms with Gasteiger partial charge in [-0.2, -0.15) is 0 Å². The number of nitrogens with zero attached hydrogens (tertiary/aromatic N) is 1. The van der Waals surface area contributed by atoms with Crippen LogP contribution in [0.15, 0.2) is 0 Å². The third-order valence-corrected chi connectivity index (χ3v) is 3.43. The van der Waals surface area contributed by atoms with Crippen LogP contribution >= 0.6 is 0 Å². The van der Waals surface area contributed by atoms with E-state index in [1.54, 1.807) is 0 Å². The van der Waals surface area contributed by atoms with Crippen LogP contribution in [0.1, 0.15) is 61.3 Å². The quantitative estimate of drug-likeness (QED) is 0.834. The van der Waals surface area contributed by atoms with Crippen molar-refractivity contribution < 1.29 is 9.53 Å². The number of hydrogen-bond acceptors (Lipinski definition) is 3. The molecule has 0 spiro atoms. The predicted molar refractivity (Wildman–Crippen MR) is 78.3 cm³/mol. The van der Waals surface area contributed by atoms with E-state index >= 15 is 0 Å². The molecule has 0 aromatic heterocycles. The smallest absolute Gasteiger partial charge is 0.408 e. The van der Waals surface area contributed by atoms with E-state index in [1.807, 2.05) is 20.8 Å². The van der Waals surface area contributed by atoms with Gasteiger partial charge in [-0.1, -0.05) is 0 Å². The van der Waals surface area contributed by atoms with Gasteiger partial charge in [0.2, 0.25) is 0 Å². The lowest BCUT2D eigenvalue weighted by molar-refractivity contribution is 0.0464. The molecule has 1 aliphatic carbocycles. The van der Waals surface area contributed by atoms with Gasteiger partial charge in [-0.05, 0) is 61.3 Å². The van der Waals surface area contributed by atoms with Gasteiger partial charge in [-0.3, -0.25) is 4.90 Å². The Bertz CT molecular complexity index is 307. The van der Waals surface area contributed by atoms with Gasteiger partial charge in [0.25, 0.3) is 0 Å². The van der Waals surface area contributed by atoms with Crippen molar-refractivity contribution in [2.24, 2.45) is 0 Å². The molecule has 1 N–H and O–H groups in total. The Kier molecular flexibility index (Phi) is 4.88. The fraction of sp³-hybridized carbons (Fsp3) is 0.933. The monoisotopic (exact) mass is 270 g/mol. The number of carbonyl (C=O) groups is 1. The van der Waals surface area contributed by atoms with Crippen LogP contribution < -0.4 is 5.32 Å². The zero-order chi connectivity index (χ0) is 14.8. The highest BCUT2D eigenvalue weighted by Gasteiger charge is 2.46. The summed E-state index contributed by atoms with van der Waals surface area (Å²) in [7, 11) is 0. The van der Waals surface area contributed by atoms with Crippen LogP contribution in [0.25, 0.3) is 0 Å². The molecule has 1 saturated carbocycles. The van der Waals surface area contributed by atoms with Crippen molar-refractivity contribution >= 4 is 6.09 Å². The van der Waals surface area contributed by atoms with Gasteiger partial charge in [-0.15, -0.1) is 0 Å². The molecule has 0 bridgehead atoms. The van der Waals surface area contributed by atoms with Crippen LogP contribution in [0.2, 0.25) is 0 Å². The van der Waals surface area contributed by atoms with Crippen molar-refractivity contribution in [3.63, 3.8) is 0 Å². The SMILES string of the molecule is CC(C)N(CC1(NC(=O)OC(C)(C)C)CC1)C(C)C. The highest BCUT2D eigenvalue weighted by Crippen LogP contribution is 2.37. The Morgan fingerprint density at radius 1 is 1.21 bits per heavy atom. The first kappa shape index (κ1) is 16.3. The second kappa shape index (κ2) is 5.70. The first-order valence-electron chi connectivity index (χ1n) is 7.32. The number of ether oxygens (including phenoxy) is 1. The van der Waals surface area contributed by atoms with Gasteiger partial charge in [0.15, 0.2) is 0 Å². The average molecular weight is 270 g/mol. The molecule has 112 valence electrons. The molecule has 0 atom stereocenters. The lowest BCUT2D eigenvalue weighted by Crippen LogP contribution is -2.51. The van der Waals surface area contributed by atoms with Crippen molar-refractivity contribution in [3.8, 4) is 0 Å². The minimum Gasteiger partial charge on any atom is -0.444 e. The Morgan fingerprint density at radius 2 is 1.68 bits per heavy atom. The first-order chi connectivity index (χ1) is 8.55. The Hall–Kier alpha value is -0.770. The summed E-state index contributed by atoms with van der Waals surface area (Å²) in [6.07, 6.45) is 1.79. The third-order valence-electron chi connectivity index (χ3n) is 3.43. The highest BCUT2D eigenvalue weighted by molar-refractivity contribution is 5.69. The van der Waals surface area contributed by atoms with E-state index in [0.29, 0.717) is 12.1 Å². The second-order valence-corrected chi connectivity index (χ2v) is 7.27. The maximum Gasteiger partial charge on any atom is 0.408 e. The summed E-state index contributed by atoms with van der Waals surface area (Å²) in [5.74, 6) is 0. The van der Waals surface area contributed by atoms with Crippen LogP contribution in [-0.2, 0) is 4.74 Å². The van der Waals surface area contributed by atoms with Crippen LogP contribution in [0.5, 0.6) is 0 Å². The molecular formula is C15H30N2O2. The van der Waals surface area contributed by atoms with Gasteiger partial charge in [-0.25, -0.2) is 4.79 Å². The summed E-state index contributed by atoms with van der Waals surface area (Å²) in [5.41, 5.74) is -0.507. The van der Waals surface area contributed by atoms with Crippen LogP contribution in [0.3, 0.4) is 0 Å². The summed E-state index contributed by atoms with van der Waals surface area (Å²) in [6.45, 7) is 15.4. The molecule has 19 heavy (non-hydrogen) atoms. The van der Waals surface area contributed by atoms with E-state index in [1.165, 1.54) is 0 Å². The molecule has 0 aromatic rings. The van der Waals surface area contributed by atoms with Gasteiger partial charge < -0.3 is 10.1 Å². The number of amides is 1. The molecule has 1 fully saturated rings. The average Bonchev–Trinajstić information content (AvgIpc) is 2.90. The van der Waals surface area contributed by atoms with Crippen molar-refractivity contribution in [3.05, 3.63) is 0 Å². The summed E-state index contributed by atoms with van der Waals surface area (Å²) in [5, 5.41) is 3.06. The number of alkyl carbamates (subject to hydrolysis) is 1. The molecule has 1 aliphatic rings. The molecular weight excluding hydrogens is 240 g/mol. The summed E-state index contributed by atoms with van der Waals surface area (Å²) >= 11 is 0. The molecule has 1 rings (SSSR count). The largest absolute Gasteiger partial charge is 0.444 e. The standard InChI is InChI=1S/C15H30N2O2/c1-11(2)17(12(3)4)10-15(8-9-15)16-13(18)19-14(5,6)7/h11-12H,8-10H2,1-7H3,(H,16,18). The van der Waals surface area contributed by atoms with Gasteiger partial charge in [0.1, 0.15) is 5.60 Å². The third kappa shape index (κ3) is 5.39. The number of rotatable bonds is 5. The molecule has 0 saturated heterocycles. The van der Waals surface area contributed by atoms with Gasteiger partial charge in [0, 0.05) is 18.6 Å². The zero-order valence-electron chi connectivity index (χ0n) is 13.5. The van der Waals surface area contributed by atoms with E-state index in [4.69, 9.17) is 4.74 Å². The maximum absolute atomic E-state index is 11.9. The Labute approximate surface area is 117 Å². The summed E-state index contributed by atoms with van der Waals surface area (Å²) in [6, 6.07) is 0.968. The molecule has 0 heterocycles. The van der Waals surface area contributed by atoms with Crippen LogP contribution in [0.4, 0.5) is 4.79 Å². The van der Waals surface area contributed by atoms with Crippen molar-refractivity contribution in [1.82, 2.24) is 10.2 Å². The fourth-order valence-electron chi connectivity index (χ4n) is 2.30. The predicted octanol–water partition coefficient (Wildman–Crippen LogP) is 3.16.